The van der Waals surface area contributed by atoms with Gasteiger partial charge in [0.25, 0.3) is 0 Å². The Hall–Kier alpha value is -1.74. The molecule has 22 heavy (non-hydrogen) atoms. The lowest BCUT2D eigenvalue weighted by Gasteiger charge is -2.39. The number of hydrogen-bond donors (Lipinski definition) is 0. The van der Waals surface area contributed by atoms with Crippen molar-refractivity contribution in [2.45, 2.75) is 32.3 Å². The molecule has 3 heteroatoms. The smallest absolute Gasteiger partial charge is 0.167 e. The zero-order chi connectivity index (χ0) is 16.3. The quantitative estimate of drug-likeness (QED) is 0.821. The lowest BCUT2D eigenvalue weighted by Crippen LogP contribution is -2.36. The molecular formula is C19H26O3. The second-order valence-electron chi connectivity index (χ2n) is 6.17. The number of methoxy groups -OCH3 is 3. The average molecular weight is 302 g/mol. The van der Waals surface area contributed by atoms with Crippen LogP contribution in [-0.4, -0.2) is 27.4 Å². The van der Waals surface area contributed by atoms with E-state index in [-0.39, 0.29) is 17.4 Å². The van der Waals surface area contributed by atoms with Gasteiger partial charge in [-0.1, -0.05) is 56.7 Å². The summed E-state index contributed by atoms with van der Waals surface area (Å²) in [6, 6.07) is 10.5. The fourth-order valence-corrected chi connectivity index (χ4v) is 3.33. The maximum absolute atomic E-state index is 5.70. The Labute approximate surface area is 133 Å². The van der Waals surface area contributed by atoms with E-state index in [9.17, 15) is 0 Å². The van der Waals surface area contributed by atoms with Crippen LogP contribution in [0.1, 0.15) is 26.3 Å². The molecule has 0 N–H and O–H groups in total. The molecule has 1 unspecified atom stereocenters. The molecule has 2 rings (SSSR count). The largest absolute Gasteiger partial charge is 0.494 e. The first-order valence-corrected chi connectivity index (χ1v) is 7.59. The number of allylic oxidation sites excluding steroid dienone is 1. The summed E-state index contributed by atoms with van der Waals surface area (Å²) in [5.74, 6) is 1.70. The van der Waals surface area contributed by atoms with E-state index in [2.05, 4.69) is 51.1 Å². The van der Waals surface area contributed by atoms with Gasteiger partial charge in [0.1, 0.15) is 6.10 Å². The average Bonchev–Trinajstić information content (AvgIpc) is 2.54. The van der Waals surface area contributed by atoms with Crippen LogP contribution in [0.25, 0.3) is 0 Å². The van der Waals surface area contributed by atoms with Gasteiger partial charge in [-0.3, -0.25) is 0 Å². The fourth-order valence-electron chi connectivity index (χ4n) is 3.33. The number of benzene rings is 1. The van der Waals surface area contributed by atoms with Crippen molar-refractivity contribution in [1.29, 1.82) is 0 Å². The number of rotatable bonds is 5. The molecule has 120 valence electrons. The fraction of sp³-hybridized carbons (Fsp3) is 0.474. The van der Waals surface area contributed by atoms with E-state index < -0.39 is 0 Å². The lowest BCUT2D eigenvalue weighted by molar-refractivity contribution is 0.0363. The second kappa shape index (κ2) is 6.57. The highest BCUT2D eigenvalue weighted by atomic mass is 16.5. The Kier molecular flexibility index (Phi) is 4.97. The van der Waals surface area contributed by atoms with Crippen molar-refractivity contribution < 1.29 is 14.2 Å². The summed E-state index contributed by atoms with van der Waals surface area (Å²) in [4.78, 5) is 0. The van der Waals surface area contributed by atoms with Crippen molar-refractivity contribution in [1.82, 2.24) is 0 Å². The molecule has 1 aliphatic carbocycles. The molecule has 0 saturated carbocycles. The van der Waals surface area contributed by atoms with Crippen LogP contribution in [0.4, 0.5) is 0 Å². The first-order valence-electron chi connectivity index (χ1n) is 7.59. The van der Waals surface area contributed by atoms with E-state index >= 15 is 0 Å². The van der Waals surface area contributed by atoms with E-state index in [0.717, 1.165) is 11.5 Å². The monoisotopic (exact) mass is 302 g/mol. The van der Waals surface area contributed by atoms with Crippen LogP contribution in [0.15, 0.2) is 53.5 Å². The first kappa shape index (κ1) is 16.6. The van der Waals surface area contributed by atoms with Crippen LogP contribution in [0.2, 0.25) is 0 Å². The Morgan fingerprint density at radius 2 is 1.59 bits per heavy atom. The molecule has 1 aliphatic rings. The SMILES string of the molecule is COC1=C(OC)C(OC)[C@H](C)C(C(C)(C)c2ccccc2)=C1. The number of hydrogen-bond acceptors (Lipinski definition) is 3. The zero-order valence-electron chi connectivity index (χ0n) is 14.3. The van der Waals surface area contributed by atoms with Gasteiger partial charge >= 0.3 is 0 Å². The summed E-state index contributed by atoms with van der Waals surface area (Å²) >= 11 is 0. The first-order chi connectivity index (χ1) is 10.5. The summed E-state index contributed by atoms with van der Waals surface area (Å²) < 4.78 is 16.8. The predicted octanol–water partition coefficient (Wildman–Crippen LogP) is 4.06. The van der Waals surface area contributed by atoms with Gasteiger partial charge in [-0.25, -0.2) is 0 Å². The van der Waals surface area contributed by atoms with Gasteiger partial charge < -0.3 is 14.2 Å². The lowest BCUT2D eigenvalue weighted by atomic mass is 9.69. The molecule has 1 aromatic carbocycles. The molecule has 2 atom stereocenters. The molecule has 0 aromatic heterocycles. The van der Waals surface area contributed by atoms with Crippen LogP contribution in [0.3, 0.4) is 0 Å². The van der Waals surface area contributed by atoms with Crippen LogP contribution in [-0.2, 0) is 19.6 Å². The van der Waals surface area contributed by atoms with Gasteiger partial charge in [0.15, 0.2) is 11.5 Å². The van der Waals surface area contributed by atoms with Gasteiger partial charge in [-0.05, 0) is 11.6 Å². The molecule has 0 aliphatic heterocycles. The minimum atomic E-state index is -0.136. The van der Waals surface area contributed by atoms with Crippen molar-refractivity contribution in [3.63, 3.8) is 0 Å². The predicted molar refractivity (Wildman–Crippen MR) is 88.6 cm³/mol. The maximum atomic E-state index is 5.70. The van der Waals surface area contributed by atoms with Gasteiger partial charge in [-0.15, -0.1) is 0 Å². The normalized spacial score (nSPS) is 22.4. The van der Waals surface area contributed by atoms with Crippen LogP contribution >= 0.6 is 0 Å². The molecule has 0 saturated heterocycles. The minimum absolute atomic E-state index is 0.111. The van der Waals surface area contributed by atoms with Crippen molar-refractivity contribution in [2.75, 3.05) is 21.3 Å². The van der Waals surface area contributed by atoms with Crippen LogP contribution < -0.4 is 0 Å². The van der Waals surface area contributed by atoms with Gasteiger partial charge in [0.2, 0.25) is 0 Å². The molecule has 0 heterocycles. The topological polar surface area (TPSA) is 27.7 Å². The third-order valence-corrected chi connectivity index (χ3v) is 4.64. The highest BCUT2D eigenvalue weighted by molar-refractivity contribution is 5.43. The highest BCUT2D eigenvalue weighted by Crippen LogP contribution is 2.42. The minimum Gasteiger partial charge on any atom is -0.494 e. The van der Waals surface area contributed by atoms with E-state index in [4.69, 9.17) is 14.2 Å². The van der Waals surface area contributed by atoms with Crippen molar-refractivity contribution in [3.8, 4) is 0 Å². The standard InChI is InChI=1S/C19H26O3/c1-13-15(19(2,3)14-10-8-7-9-11-14)12-16(20-4)18(22-6)17(13)21-5/h7-13,17H,1-6H3/t13-,17?/m1/s1. The van der Waals surface area contributed by atoms with Crippen LogP contribution in [0, 0.1) is 5.92 Å². The van der Waals surface area contributed by atoms with Crippen molar-refractivity contribution >= 4 is 0 Å². The van der Waals surface area contributed by atoms with Crippen molar-refractivity contribution in [3.05, 3.63) is 59.1 Å². The summed E-state index contributed by atoms with van der Waals surface area (Å²) in [6.07, 6.45) is 1.97. The Morgan fingerprint density at radius 3 is 2.09 bits per heavy atom. The number of ether oxygens (including phenoxy) is 3. The van der Waals surface area contributed by atoms with Crippen molar-refractivity contribution in [2.24, 2.45) is 5.92 Å². The molecule has 3 nitrogen and oxygen atoms in total. The molecule has 0 fully saturated rings. The van der Waals surface area contributed by atoms with E-state index in [1.807, 2.05) is 6.07 Å². The van der Waals surface area contributed by atoms with Gasteiger partial charge in [0.05, 0.1) is 14.2 Å². The summed E-state index contributed by atoms with van der Waals surface area (Å²) in [5, 5.41) is 0. The molecule has 1 aromatic rings. The molecule has 0 spiro atoms. The Bertz CT molecular complexity index is 570. The molecular weight excluding hydrogens is 276 g/mol. The van der Waals surface area contributed by atoms with Gasteiger partial charge in [0, 0.05) is 18.4 Å². The Balaban J connectivity index is 2.54. The summed E-state index contributed by atoms with van der Waals surface area (Å²) in [5.41, 5.74) is 2.45. The summed E-state index contributed by atoms with van der Waals surface area (Å²) in [6.45, 7) is 6.65. The second-order valence-corrected chi connectivity index (χ2v) is 6.17. The zero-order valence-corrected chi connectivity index (χ0v) is 14.3. The highest BCUT2D eigenvalue weighted by Gasteiger charge is 2.39. The molecule has 0 radical (unpaired) electrons. The van der Waals surface area contributed by atoms with E-state index in [1.165, 1.54) is 11.1 Å². The third-order valence-electron chi connectivity index (χ3n) is 4.64. The molecule has 0 amide bonds. The maximum Gasteiger partial charge on any atom is 0.167 e. The third kappa shape index (κ3) is 2.78. The van der Waals surface area contributed by atoms with E-state index in [1.54, 1.807) is 21.3 Å². The summed E-state index contributed by atoms with van der Waals surface area (Å²) in [7, 11) is 5.04. The van der Waals surface area contributed by atoms with Gasteiger partial charge in [-0.2, -0.15) is 0 Å². The Morgan fingerprint density at radius 1 is 0.955 bits per heavy atom. The van der Waals surface area contributed by atoms with Crippen LogP contribution in [0.5, 0.6) is 0 Å². The molecule has 0 bridgehead atoms. The van der Waals surface area contributed by atoms with E-state index in [0.29, 0.717) is 0 Å².